The molecule has 1 aromatic rings. The zero-order chi connectivity index (χ0) is 16.3. The molecule has 0 aliphatic heterocycles. The van der Waals surface area contributed by atoms with Crippen LogP contribution < -0.4 is 4.18 Å². The van der Waals surface area contributed by atoms with Gasteiger partial charge in [-0.25, -0.2) is 0 Å². The number of carbonyl (C=O) groups excluding carboxylic acids is 1. The highest BCUT2D eigenvalue weighted by Crippen LogP contribution is 2.30. The normalized spacial score (nSPS) is 12.0. The number of esters is 1. The van der Waals surface area contributed by atoms with Gasteiger partial charge >= 0.3 is 21.6 Å². The van der Waals surface area contributed by atoms with Gasteiger partial charge < -0.3 is 8.92 Å². The molecule has 0 fully saturated rings. The Morgan fingerprint density at radius 3 is 2.48 bits per heavy atom. The van der Waals surface area contributed by atoms with Crippen LogP contribution in [0.5, 0.6) is 5.75 Å². The van der Waals surface area contributed by atoms with Gasteiger partial charge in [-0.3, -0.25) is 4.79 Å². The Bertz CT molecular complexity index is 627. The molecule has 0 atom stereocenters. The van der Waals surface area contributed by atoms with Crippen LogP contribution in [0.1, 0.15) is 12.0 Å². The Kier molecular flexibility index (Phi) is 5.84. The standard InChI is InChI=1S/C11H10F3IO5S/c1-19-10(16)5-2-7-6-8(15)3-4-9(7)20-21(17,18)11(12,13)14/h3-4,6H,2,5H2,1H3. The lowest BCUT2D eigenvalue weighted by Crippen LogP contribution is -2.28. The second-order valence-electron chi connectivity index (χ2n) is 3.81. The van der Waals surface area contributed by atoms with E-state index < -0.39 is 27.3 Å². The average molecular weight is 438 g/mol. The summed E-state index contributed by atoms with van der Waals surface area (Å²) in [6.07, 6.45) is -0.120. The Labute approximate surface area is 132 Å². The van der Waals surface area contributed by atoms with Gasteiger partial charge in [0, 0.05) is 9.99 Å². The summed E-state index contributed by atoms with van der Waals surface area (Å²) in [7, 11) is -4.58. The highest BCUT2D eigenvalue weighted by atomic mass is 127. The first-order valence-corrected chi connectivity index (χ1v) is 7.91. The highest BCUT2D eigenvalue weighted by molar-refractivity contribution is 14.1. The van der Waals surface area contributed by atoms with Crippen molar-refractivity contribution in [3.63, 3.8) is 0 Å². The number of aryl methyl sites for hydroxylation is 1. The van der Waals surface area contributed by atoms with Crippen molar-refractivity contribution in [2.45, 2.75) is 18.3 Å². The van der Waals surface area contributed by atoms with Gasteiger partial charge in [-0.15, -0.1) is 0 Å². The molecule has 0 unspecified atom stereocenters. The summed E-state index contributed by atoms with van der Waals surface area (Å²) >= 11 is 1.90. The number of hydrogen-bond donors (Lipinski definition) is 0. The molecule has 0 amide bonds. The number of carbonyl (C=O) groups is 1. The maximum Gasteiger partial charge on any atom is 0.534 e. The van der Waals surface area contributed by atoms with E-state index in [1.807, 2.05) is 22.6 Å². The number of hydrogen-bond acceptors (Lipinski definition) is 5. The fourth-order valence-corrected chi connectivity index (χ4v) is 2.38. The zero-order valence-corrected chi connectivity index (χ0v) is 13.6. The van der Waals surface area contributed by atoms with Crippen LogP contribution in [0.15, 0.2) is 18.2 Å². The molecule has 0 N–H and O–H groups in total. The first-order valence-electron chi connectivity index (χ1n) is 5.43. The Morgan fingerprint density at radius 2 is 1.95 bits per heavy atom. The molecule has 0 heterocycles. The summed E-state index contributed by atoms with van der Waals surface area (Å²) in [4.78, 5) is 11.1. The van der Waals surface area contributed by atoms with Crippen molar-refractivity contribution >= 4 is 38.7 Å². The van der Waals surface area contributed by atoms with Crippen LogP contribution in [-0.4, -0.2) is 27.0 Å². The fourth-order valence-electron chi connectivity index (χ4n) is 1.33. The molecule has 0 aromatic heterocycles. The average Bonchev–Trinajstić information content (AvgIpc) is 2.37. The number of methoxy groups -OCH3 is 1. The first-order chi connectivity index (χ1) is 9.56. The molecule has 0 radical (unpaired) electrons. The molecule has 0 saturated heterocycles. The van der Waals surface area contributed by atoms with E-state index in [2.05, 4.69) is 8.92 Å². The number of alkyl halides is 3. The van der Waals surface area contributed by atoms with Crippen molar-refractivity contribution in [2.75, 3.05) is 7.11 Å². The maximum atomic E-state index is 12.3. The summed E-state index contributed by atoms with van der Waals surface area (Å²) in [5.41, 5.74) is -5.35. The van der Waals surface area contributed by atoms with Gasteiger partial charge in [0.05, 0.1) is 7.11 Å². The fraction of sp³-hybridized carbons (Fsp3) is 0.364. The van der Waals surface area contributed by atoms with Crippen LogP contribution >= 0.6 is 22.6 Å². The van der Waals surface area contributed by atoms with Gasteiger partial charge in [-0.1, -0.05) is 0 Å². The van der Waals surface area contributed by atoms with Crippen molar-refractivity contribution in [3.05, 3.63) is 27.3 Å². The molecule has 0 saturated carbocycles. The van der Waals surface area contributed by atoms with Crippen LogP contribution in [0.4, 0.5) is 13.2 Å². The van der Waals surface area contributed by atoms with Crippen molar-refractivity contribution in [2.24, 2.45) is 0 Å². The summed E-state index contributed by atoms with van der Waals surface area (Å²) in [5, 5.41) is 0. The molecule has 0 spiro atoms. The Hall–Kier alpha value is -1.04. The van der Waals surface area contributed by atoms with E-state index in [1.165, 1.54) is 19.2 Å². The lowest BCUT2D eigenvalue weighted by atomic mass is 10.1. The topological polar surface area (TPSA) is 69.7 Å². The van der Waals surface area contributed by atoms with Crippen molar-refractivity contribution in [3.8, 4) is 5.75 Å². The van der Waals surface area contributed by atoms with Gasteiger partial charge in [0.1, 0.15) is 5.75 Å². The van der Waals surface area contributed by atoms with Crippen LogP contribution in [0.3, 0.4) is 0 Å². The van der Waals surface area contributed by atoms with Gasteiger partial charge in [0.15, 0.2) is 0 Å². The van der Waals surface area contributed by atoms with Crippen molar-refractivity contribution in [1.29, 1.82) is 0 Å². The highest BCUT2D eigenvalue weighted by Gasteiger charge is 2.48. The predicted molar refractivity (Wildman–Crippen MR) is 75.1 cm³/mol. The van der Waals surface area contributed by atoms with E-state index >= 15 is 0 Å². The predicted octanol–water partition coefficient (Wildman–Crippen LogP) is 2.63. The minimum Gasteiger partial charge on any atom is -0.469 e. The second kappa shape index (κ2) is 6.81. The third-order valence-electron chi connectivity index (χ3n) is 2.33. The summed E-state index contributed by atoms with van der Waals surface area (Å²) < 4.78 is 68.1. The van der Waals surface area contributed by atoms with E-state index in [0.717, 1.165) is 6.07 Å². The smallest absolute Gasteiger partial charge is 0.469 e. The molecular weight excluding hydrogens is 428 g/mol. The largest absolute Gasteiger partial charge is 0.534 e. The summed E-state index contributed by atoms with van der Waals surface area (Å²) in [5.74, 6) is -1.03. The monoisotopic (exact) mass is 438 g/mol. The molecular formula is C11H10F3IO5S. The van der Waals surface area contributed by atoms with Crippen LogP contribution in [0.2, 0.25) is 0 Å². The third-order valence-corrected chi connectivity index (χ3v) is 3.97. The van der Waals surface area contributed by atoms with Gasteiger partial charge in [0.2, 0.25) is 0 Å². The molecule has 0 aliphatic rings. The van der Waals surface area contributed by atoms with Crippen molar-refractivity contribution < 1.29 is 35.3 Å². The Balaban J connectivity index is 3.05. The molecule has 1 aromatic carbocycles. The third kappa shape index (κ3) is 5.02. The van der Waals surface area contributed by atoms with Crippen molar-refractivity contribution in [1.82, 2.24) is 0 Å². The lowest BCUT2D eigenvalue weighted by molar-refractivity contribution is -0.140. The quantitative estimate of drug-likeness (QED) is 0.306. The van der Waals surface area contributed by atoms with Gasteiger partial charge in [0.25, 0.3) is 0 Å². The van der Waals surface area contributed by atoms with E-state index in [4.69, 9.17) is 0 Å². The van der Waals surface area contributed by atoms with Crippen LogP contribution in [0, 0.1) is 3.57 Å². The van der Waals surface area contributed by atoms with Gasteiger partial charge in [-0.05, 0) is 52.8 Å². The zero-order valence-electron chi connectivity index (χ0n) is 10.6. The number of halogens is 4. The lowest BCUT2D eigenvalue weighted by Gasteiger charge is -2.13. The van der Waals surface area contributed by atoms with E-state index in [-0.39, 0.29) is 18.4 Å². The Morgan fingerprint density at radius 1 is 1.33 bits per heavy atom. The maximum absolute atomic E-state index is 12.3. The van der Waals surface area contributed by atoms with Crippen LogP contribution in [-0.2, 0) is 26.1 Å². The van der Waals surface area contributed by atoms with E-state index in [9.17, 15) is 26.4 Å². The number of ether oxygens (including phenoxy) is 1. The molecule has 1 rings (SSSR count). The van der Waals surface area contributed by atoms with Crippen LogP contribution in [0.25, 0.3) is 0 Å². The molecule has 21 heavy (non-hydrogen) atoms. The molecule has 5 nitrogen and oxygen atoms in total. The SMILES string of the molecule is COC(=O)CCc1cc(I)ccc1OS(=O)(=O)C(F)(F)F. The molecule has 0 bridgehead atoms. The summed E-state index contributed by atoms with van der Waals surface area (Å²) in [6.45, 7) is 0. The minimum absolute atomic E-state index is 0.00771. The minimum atomic E-state index is -5.75. The first kappa shape index (κ1) is 18.0. The molecule has 118 valence electrons. The van der Waals surface area contributed by atoms with E-state index in [1.54, 1.807) is 0 Å². The number of benzene rings is 1. The molecule has 0 aliphatic carbocycles. The molecule has 10 heteroatoms. The summed E-state index contributed by atoms with van der Waals surface area (Å²) in [6, 6.07) is 3.94. The van der Waals surface area contributed by atoms with Gasteiger partial charge in [-0.2, -0.15) is 21.6 Å². The van der Waals surface area contributed by atoms with E-state index in [0.29, 0.717) is 3.57 Å². The number of rotatable bonds is 5. The second-order valence-corrected chi connectivity index (χ2v) is 6.59.